The fourth-order valence-electron chi connectivity index (χ4n) is 7.92. The summed E-state index contributed by atoms with van der Waals surface area (Å²) in [6.07, 6.45) is 7.50. The number of amides is 2. The van der Waals surface area contributed by atoms with Crippen molar-refractivity contribution in [3.8, 4) is 17.2 Å². The summed E-state index contributed by atoms with van der Waals surface area (Å²) < 4.78 is 23.0. The van der Waals surface area contributed by atoms with Crippen molar-refractivity contribution in [2.24, 2.45) is 17.8 Å². The second-order valence-electron chi connectivity index (χ2n) is 12.6. The summed E-state index contributed by atoms with van der Waals surface area (Å²) in [7, 11) is 1.59. The van der Waals surface area contributed by atoms with E-state index in [0.717, 1.165) is 36.8 Å². The lowest BCUT2D eigenvalue weighted by Gasteiger charge is -2.38. The van der Waals surface area contributed by atoms with Gasteiger partial charge in [-0.3, -0.25) is 14.4 Å². The number of fused-ring (bicyclic) bond motifs is 2. The molecule has 2 saturated heterocycles. The van der Waals surface area contributed by atoms with Crippen LogP contribution in [0.1, 0.15) is 56.7 Å². The van der Waals surface area contributed by atoms with Gasteiger partial charge in [0.25, 0.3) is 0 Å². The second-order valence-corrected chi connectivity index (χ2v) is 12.6. The van der Waals surface area contributed by atoms with Crippen LogP contribution in [-0.2, 0) is 25.5 Å². The molecule has 2 bridgehead atoms. The topological polar surface area (TPSA) is 103 Å². The maximum absolute atomic E-state index is 14.6. The summed E-state index contributed by atoms with van der Waals surface area (Å²) in [5.41, 5.74) is 0.403. The minimum absolute atomic E-state index is 0.0302. The Morgan fingerprint density at radius 2 is 1.93 bits per heavy atom. The number of rotatable bonds is 8. The van der Waals surface area contributed by atoms with Crippen molar-refractivity contribution in [1.29, 1.82) is 0 Å². The highest BCUT2D eigenvalue weighted by Crippen LogP contribution is 2.57. The molecule has 9 heteroatoms. The zero-order valence-electron chi connectivity index (χ0n) is 24.8. The number of ketones is 1. The monoisotopic (exact) mass is 586 g/mol. The van der Waals surface area contributed by atoms with Gasteiger partial charge in [-0.25, -0.2) is 0 Å². The van der Waals surface area contributed by atoms with Gasteiger partial charge >= 0.3 is 0 Å². The quantitative estimate of drug-likeness (QED) is 0.464. The molecule has 1 spiro atoms. The summed E-state index contributed by atoms with van der Waals surface area (Å²) >= 11 is 0. The maximum Gasteiger partial charge on any atom is 0.246 e. The lowest BCUT2D eigenvalue weighted by molar-refractivity contribution is -0.144. The minimum atomic E-state index is -1.22. The molecule has 4 aliphatic heterocycles. The Morgan fingerprint density at radius 1 is 1.12 bits per heavy atom. The van der Waals surface area contributed by atoms with Crippen LogP contribution in [0, 0.1) is 17.8 Å². The van der Waals surface area contributed by atoms with Gasteiger partial charge in [0.05, 0.1) is 31.1 Å². The highest BCUT2D eigenvalue weighted by Gasteiger charge is 2.73. The van der Waals surface area contributed by atoms with Crippen molar-refractivity contribution < 1.29 is 33.3 Å². The van der Waals surface area contributed by atoms with Crippen molar-refractivity contribution in [2.75, 3.05) is 13.9 Å². The SMILES string of the molecule is COc1cccc(CC(=O)C2C3C=CC4(O3)C2C(=O)N(C(C)c2ccc3c(c2)OCO3)C4C(=O)NC2CCCCC2C)c1. The van der Waals surface area contributed by atoms with Gasteiger partial charge < -0.3 is 29.2 Å². The molecule has 0 aromatic heterocycles. The van der Waals surface area contributed by atoms with Crippen LogP contribution in [0.5, 0.6) is 17.2 Å². The van der Waals surface area contributed by atoms with Crippen LogP contribution in [0.2, 0.25) is 0 Å². The van der Waals surface area contributed by atoms with E-state index in [9.17, 15) is 14.4 Å². The Hall–Kier alpha value is -3.85. The Morgan fingerprint density at radius 3 is 2.74 bits per heavy atom. The molecule has 1 saturated carbocycles. The van der Waals surface area contributed by atoms with Crippen LogP contribution in [0.4, 0.5) is 0 Å². The molecule has 0 radical (unpaired) electrons. The number of likely N-dealkylation sites (tertiary alicyclic amines) is 1. The van der Waals surface area contributed by atoms with Crippen molar-refractivity contribution in [1.82, 2.24) is 10.2 Å². The van der Waals surface area contributed by atoms with E-state index in [1.165, 1.54) is 0 Å². The minimum Gasteiger partial charge on any atom is -0.497 e. The Bertz CT molecular complexity index is 1490. The zero-order valence-corrected chi connectivity index (χ0v) is 24.8. The first-order valence-corrected chi connectivity index (χ1v) is 15.4. The first-order chi connectivity index (χ1) is 20.8. The molecule has 2 amide bonds. The number of hydrogen-bond donors (Lipinski definition) is 1. The predicted molar refractivity (Wildman–Crippen MR) is 157 cm³/mol. The first-order valence-electron chi connectivity index (χ1n) is 15.4. The van der Waals surface area contributed by atoms with Gasteiger partial charge in [-0.05, 0) is 61.1 Å². The zero-order chi connectivity index (χ0) is 29.9. The van der Waals surface area contributed by atoms with E-state index in [4.69, 9.17) is 18.9 Å². The number of ether oxygens (including phenoxy) is 4. The normalized spacial score (nSPS) is 32.5. The first kappa shape index (κ1) is 28.0. The van der Waals surface area contributed by atoms with Gasteiger partial charge in [0.15, 0.2) is 11.5 Å². The standard InChI is InChI=1S/C34H38N2O7/c1-19-7-4-5-10-24(19)35-32(38)31-34-14-13-27(43-34)29(25(37)16-21-8-6-9-23(15-21)40-3)30(34)33(39)36(31)20(2)22-11-12-26-28(17-22)42-18-41-26/h6,8-9,11-15,17,19-20,24,27,29-31H,4-5,7,10,16,18H2,1-3H3,(H,35,38). The molecule has 8 atom stereocenters. The van der Waals surface area contributed by atoms with Crippen LogP contribution in [0.15, 0.2) is 54.6 Å². The third-order valence-electron chi connectivity index (χ3n) is 10.2. The predicted octanol–water partition coefficient (Wildman–Crippen LogP) is 4.14. The summed E-state index contributed by atoms with van der Waals surface area (Å²) in [4.78, 5) is 44.5. The van der Waals surface area contributed by atoms with Gasteiger partial charge in [-0.1, -0.05) is 50.1 Å². The molecule has 226 valence electrons. The van der Waals surface area contributed by atoms with Crippen LogP contribution in [0.25, 0.3) is 0 Å². The number of Topliss-reactive ketones (excluding diaryl/α,β-unsaturated/α-hetero) is 1. The Labute approximate surface area is 251 Å². The summed E-state index contributed by atoms with van der Waals surface area (Å²) in [5.74, 6) is 0.226. The molecule has 9 nitrogen and oxygen atoms in total. The number of hydrogen-bond acceptors (Lipinski definition) is 7. The molecule has 43 heavy (non-hydrogen) atoms. The number of carbonyl (C=O) groups excluding carboxylic acids is 3. The molecule has 7 rings (SSSR count). The Kier molecular flexibility index (Phi) is 6.95. The lowest BCUT2D eigenvalue weighted by Crippen LogP contribution is -2.57. The van der Waals surface area contributed by atoms with Crippen molar-refractivity contribution in [2.45, 2.75) is 75.8 Å². The summed E-state index contributed by atoms with van der Waals surface area (Å²) in [6.45, 7) is 4.23. The molecule has 1 N–H and O–H groups in total. The third kappa shape index (κ3) is 4.51. The highest BCUT2D eigenvalue weighted by atomic mass is 16.7. The van der Waals surface area contributed by atoms with E-state index in [2.05, 4.69) is 12.2 Å². The van der Waals surface area contributed by atoms with E-state index in [1.54, 1.807) is 12.0 Å². The van der Waals surface area contributed by atoms with Crippen LogP contribution in [0.3, 0.4) is 0 Å². The molecule has 1 aliphatic carbocycles. The second kappa shape index (κ2) is 10.7. The van der Waals surface area contributed by atoms with Crippen molar-refractivity contribution in [3.05, 3.63) is 65.7 Å². The molecular formula is C34H38N2O7. The number of nitrogens with one attached hydrogen (secondary N) is 1. The van der Waals surface area contributed by atoms with E-state index in [-0.39, 0.29) is 36.9 Å². The molecule has 2 aromatic carbocycles. The Balaban J connectivity index is 1.24. The third-order valence-corrected chi connectivity index (χ3v) is 10.2. The van der Waals surface area contributed by atoms with E-state index in [1.807, 2.05) is 61.5 Å². The number of carbonyl (C=O) groups is 3. The van der Waals surface area contributed by atoms with Crippen LogP contribution >= 0.6 is 0 Å². The summed E-state index contributed by atoms with van der Waals surface area (Å²) in [6, 6.07) is 11.6. The number of benzene rings is 2. The van der Waals surface area contributed by atoms with Crippen molar-refractivity contribution >= 4 is 17.6 Å². The molecule has 5 aliphatic rings. The lowest BCUT2D eigenvalue weighted by atomic mass is 9.72. The average molecular weight is 587 g/mol. The van der Waals surface area contributed by atoms with E-state index < -0.39 is 35.6 Å². The van der Waals surface area contributed by atoms with Crippen molar-refractivity contribution in [3.63, 3.8) is 0 Å². The number of methoxy groups -OCH3 is 1. The highest BCUT2D eigenvalue weighted by molar-refractivity contribution is 6.00. The van der Waals surface area contributed by atoms with Gasteiger partial charge in [-0.2, -0.15) is 0 Å². The smallest absolute Gasteiger partial charge is 0.246 e. The summed E-state index contributed by atoms with van der Waals surface area (Å²) in [5, 5.41) is 3.31. The molecule has 8 unspecified atom stereocenters. The average Bonchev–Trinajstić information content (AvgIpc) is 3.78. The van der Waals surface area contributed by atoms with E-state index >= 15 is 0 Å². The largest absolute Gasteiger partial charge is 0.497 e. The fourth-order valence-corrected chi connectivity index (χ4v) is 7.92. The van der Waals surface area contributed by atoms with Crippen LogP contribution < -0.4 is 19.5 Å². The van der Waals surface area contributed by atoms with Gasteiger partial charge in [-0.15, -0.1) is 0 Å². The fraction of sp³-hybridized carbons (Fsp3) is 0.500. The molecule has 4 heterocycles. The van der Waals surface area contributed by atoms with E-state index in [0.29, 0.717) is 23.2 Å². The van der Waals surface area contributed by atoms with Gasteiger partial charge in [0, 0.05) is 12.5 Å². The van der Waals surface area contributed by atoms with Gasteiger partial charge in [0.2, 0.25) is 18.6 Å². The molecule has 2 aromatic rings. The molecule has 3 fully saturated rings. The number of nitrogens with zero attached hydrogens (tertiary/aromatic N) is 1. The van der Waals surface area contributed by atoms with Gasteiger partial charge in [0.1, 0.15) is 23.2 Å². The molecular weight excluding hydrogens is 548 g/mol. The maximum atomic E-state index is 14.6. The van der Waals surface area contributed by atoms with Crippen LogP contribution in [-0.4, -0.2) is 60.2 Å².